The van der Waals surface area contributed by atoms with Gasteiger partial charge in [-0.25, -0.2) is 15.0 Å². The van der Waals surface area contributed by atoms with Crippen molar-refractivity contribution in [3.8, 4) is 0 Å². The molecule has 1 aliphatic carbocycles. The summed E-state index contributed by atoms with van der Waals surface area (Å²) in [6.45, 7) is 5.39. The summed E-state index contributed by atoms with van der Waals surface area (Å²) < 4.78 is 6.69. The van der Waals surface area contributed by atoms with Crippen molar-refractivity contribution >= 4 is 43.4 Å². The summed E-state index contributed by atoms with van der Waals surface area (Å²) in [4.78, 5) is 20.1. The standard InChI is InChI=1S/C21H28N6OS/c1-26(2)8-4-7-22-19-18-17(23-13-24-19)16-14-5-3-6-15(14)20(25-21(16)29-18)27-9-11-28-12-10-27/h13H,3-12H2,1-2H3,(H,22,23,24). The molecular weight excluding hydrogens is 384 g/mol. The van der Waals surface area contributed by atoms with E-state index < -0.39 is 0 Å². The van der Waals surface area contributed by atoms with E-state index >= 15 is 0 Å². The van der Waals surface area contributed by atoms with Gasteiger partial charge in [0, 0.05) is 25.0 Å². The molecule has 0 unspecified atom stereocenters. The second kappa shape index (κ2) is 8.01. The highest BCUT2D eigenvalue weighted by Crippen LogP contribution is 2.43. The Morgan fingerprint density at radius 1 is 1.17 bits per heavy atom. The lowest BCUT2D eigenvalue weighted by Gasteiger charge is -2.29. The number of anilines is 2. The summed E-state index contributed by atoms with van der Waals surface area (Å²) in [5, 5.41) is 4.79. The number of pyridine rings is 1. The summed E-state index contributed by atoms with van der Waals surface area (Å²) in [6, 6.07) is 0. The molecule has 2 aliphatic rings. The van der Waals surface area contributed by atoms with Crippen LogP contribution in [0.4, 0.5) is 11.6 Å². The Morgan fingerprint density at radius 2 is 2.00 bits per heavy atom. The largest absolute Gasteiger partial charge is 0.378 e. The molecule has 29 heavy (non-hydrogen) atoms. The van der Waals surface area contributed by atoms with Gasteiger partial charge in [0.15, 0.2) is 0 Å². The normalized spacial score (nSPS) is 16.9. The van der Waals surface area contributed by atoms with Crippen molar-refractivity contribution in [1.82, 2.24) is 19.9 Å². The van der Waals surface area contributed by atoms with E-state index in [1.54, 1.807) is 17.7 Å². The molecule has 5 rings (SSSR count). The van der Waals surface area contributed by atoms with Crippen molar-refractivity contribution < 1.29 is 4.74 Å². The van der Waals surface area contributed by atoms with Crippen LogP contribution in [0.3, 0.4) is 0 Å². The van der Waals surface area contributed by atoms with E-state index in [9.17, 15) is 0 Å². The summed E-state index contributed by atoms with van der Waals surface area (Å²) in [5.74, 6) is 2.12. The number of ether oxygens (including phenoxy) is 1. The van der Waals surface area contributed by atoms with E-state index in [1.807, 2.05) is 0 Å². The maximum absolute atomic E-state index is 5.56. The predicted molar refractivity (Wildman–Crippen MR) is 119 cm³/mol. The van der Waals surface area contributed by atoms with E-state index in [-0.39, 0.29) is 0 Å². The van der Waals surface area contributed by atoms with Crippen molar-refractivity contribution in [2.75, 3.05) is 63.7 Å². The first-order chi connectivity index (χ1) is 14.2. The van der Waals surface area contributed by atoms with Crippen molar-refractivity contribution in [2.24, 2.45) is 0 Å². The molecule has 0 amide bonds. The van der Waals surface area contributed by atoms with Crippen LogP contribution in [-0.4, -0.2) is 73.3 Å². The molecular formula is C21H28N6OS. The number of nitrogens with zero attached hydrogens (tertiary/aromatic N) is 5. The van der Waals surface area contributed by atoms with Crippen molar-refractivity contribution in [3.63, 3.8) is 0 Å². The minimum absolute atomic E-state index is 0.785. The zero-order valence-corrected chi connectivity index (χ0v) is 18.0. The molecule has 0 atom stereocenters. The molecule has 1 N–H and O–H groups in total. The van der Waals surface area contributed by atoms with Gasteiger partial charge in [0.1, 0.15) is 22.8 Å². The number of hydrogen-bond acceptors (Lipinski definition) is 8. The SMILES string of the molecule is CN(C)CCCNc1ncnc2c1sc1nc(N3CCOCC3)c3c(c12)CCC3. The van der Waals surface area contributed by atoms with Crippen molar-refractivity contribution in [3.05, 3.63) is 17.5 Å². The Hall–Kier alpha value is -2.03. The van der Waals surface area contributed by atoms with Gasteiger partial charge in [0.2, 0.25) is 0 Å². The van der Waals surface area contributed by atoms with Crippen molar-refractivity contribution in [2.45, 2.75) is 25.7 Å². The molecule has 3 aromatic rings. The monoisotopic (exact) mass is 412 g/mol. The van der Waals surface area contributed by atoms with Gasteiger partial charge < -0.3 is 19.9 Å². The Labute approximate surface area is 175 Å². The topological polar surface area (TPSA) is 66.4 Å². The maximum Gasteiger partial charge on any atom is 0.147 e. The van der Waals surface area contributed by atoms with Gasteiger partial charge in [-0.2, -0.15) is 0 Å². The van der Waals surface area contributed by atoms with Crippen molar-refractivity contribution in [1.29, 1.82) is 0 Å². The Bertz CT molecular complexity index is 1030. The molecule has 3 aromatic heterocycles. The minimum Gasteiger partial charge on any atom is -0.378 e. The smallest absolute Gasteiger partial charge is 0.147 e. The Kier molecular flexibility index (Phi) is 5.24. The fourth-order valence-electron chi connectivity index (χ4n) is 4.44. The second-order valence-electron chi connectivity index (χ2n) is 8.11. The maximum atomic E-state index is 5.56. The van der Waals surface area contributed by atoms with E-state index in [1.165, 1.54) is 28.8 Å². The zero-order chi connectivity index (χ0) is 19.8. The highest BCUT2D eigenvalue weighted by Gasteiger charge is 2.27. The second-order valence-corrected chi connectivity index (χ2v) is 9.11. The molecule has 0 radical (unpaired) electrons. The van der Waals surface area contributed by atoms with Crippen LogP contribution in [-0.2, 0) is 17.6 Å². The highest BCUT2D eigenvalue weighted by molar-refractivity contribution is 7.26. The number of hydrogen-bond donors (Lipinski definition) is 1. The fraction of sp³-hybridized carbons (Fsp3) is 0.571. The molecule has 0 aromatic carbocycles. The van der Waals surface area contributed by atoms with E-state index in [0.717, 1.165) is 79.5 Å². The number of rotatable bonds is 6. The first kappa shape index (κ1) is 19.0. The van der Waals surface area contributed by atoms with Gasteiger partial charge >= 0.3 is 0 Å². The van der Waals surface area contributed by atoms with Gasteiger partial charge in [0.25, 0.3) is 0 Å². The lowest BCUT2D eigenvalue weighted by Crippen LogP contribution is -2.37. The van der Waals surface area contributed by atoms with Gasteiger partial charge in [-0.05, 0) is 57.5 Å². The third-order valence-electron chi connectivity index (χ3n) is 5.84. The van der Waals surface area contributed by atoms with Gasteiger partial charge in [0.05, 0.1) is 23.4 Å². The first-order valence-corrected chi connectivity index (χ1v) is 11.3. The molecule has 1 fully saturated rings. The van der Waals surface area contributed by atoms with Crippen LogP contribution in [0.5, 0.6) is 0 Å². The van der Waals surface area contributed by atoms with Gasteiger partial charge in [-0.15, -0.1) is 11.3 Å². The molecule has 8 heteroatoms. The van der Waals surface area contributed by atoms with Crippen LogP contribution < -0.4 is 10.2 Å². The predicted octanol–water partition coefficient (Wildman–Crippen LogP) is 2.93. The summed E-state index contributed by atoms with van der Waals surface area (Å²) in [5.41, 5.74) is 3.95. The van der Waals surface area contributed by atoms with Crippen LogP contribution >= 0.6 is 11.3 Å². The number of thiophene rings is 1. The average Bonchev–Trinajstić information content (AvgIpc) is 3.35. The van der Waals surface area contributed by atoms with E-state index in [0.29, 0.717) is 0 Å². The number of aryl methyl sites for hydroxylation is 1. The minimum atomic E-state index is 0.785. The lowest BCUT2D eigenvalue weighted by atomic mass is 10.1. The molecule has 1 saturated heterocycles. The summed E-state index contributed by atoms with van der Waals surface area (Å²) in [6.07, 6.45) is 6.21. The highest BCUT2D eigenvalue weighted by atomic mass is 32.1. The van der Waals surface area contributed by atoms with Crippen LogP contribution in [0.25, 0.3) is 20.4 Å². The summed E-state index contributed by atoms with van der Waals surface area (Å²) in [7, 11) is 4.21. The first-order valence-electron chi connectivity index (χ1n) is 10.5. The quantitative estimate of drug-likeness (QED) is 0.625. The number of nitrogens with one attached hydrogen (secondary N) is 1. The molecule has 1 aliphatic heterocycles. The molecule has 0 spiro atoms. The van der Waals surface area contributed by atoms with E-state index in [4.69, 9.17) is 9.72 Å². The molecule has 7 nitrogen and oxygen atoms in total. The molecule has 0 saturated carbocycles. The number of aromatic nitrogens is 3. The molecule has 154 valence electrons. The zero-order valence-electron chi connectivity index (χ0n) is 17.2. The number of fused-ring (bicyclic) bond motifs is 5. The van der Waals surface area contributed by atoms with Crippen LogP contribution in [0.2, 0.25) is 0 Å². The van der Waals surface area contributed by atoms with Crippen LogP contribution in [0.1, 0.15) is 24.0 Å². The summed E-state index contributed by atoms with van der Waals surface area (Å²) >= 11 is 1.73. The Morgan fingerprint density at radius 3 is 2.83 bits per heavy atom. The Balaban J connectivity index is 1.56. The van der Waals surface area contributed by atoms with Crippen LogP contribution in [0, 0.1) is 0 Å². The lowest BCUT2D eigenvalue weighted by molar-refractivity contribution is 0.122. The molecule has 0 bridgehead atoms. The number of morpholine rings is 1. The fourth-order valence-corrected chi connectivity index (χ4v) is 5.56. The van der Waals surface area contributed by atoms with Crippen LogP contribution in [0.15, 0.2) is 6.33 Å². The van der Waals surface area contributed by atoms with E-state index in [2.05, 4.69) is 39.2 Å². The third kappa shape index (κ3) is 3.53. The molecule has 4 heterocycles. The van der Waals surface area contributed by atoms with Gasteiger partial charge in [-0.3, -0.25) is 0 Å². The average molecular weight is 413 g/mol. The van der Waals surface area contributed by atoms with Gasteiger partial charge in [-0.1, -0.05) is 0 Å². The third-order valence-corrected chi connectivity index (χ3v) is 6.91.